The van der Waals surface area contributed by atoms with Gasteiger partial charge in [0, 0.05) is 23.6 Å². The van der Waals surface area contributed by atoms with Crippen LogP contribution in [0.1, 0.15) is 6.42 Å². The highest BCUT2D eigenvalue weighted by molar-refractivity contribution is 8.02. The molecule has 0 aromatic carbocycles. The maximum absolute atomic E-state index is 2.44. The van der Waals surface area contributed by atoms with Crippen molar-refractivity contribution < 1.29 is 0 Å². The van der Waals surface area contributed by atoms with Crippen LogP contribution in [0, 0.1) is 0 Å². The molecule has 3 fully saturated rings. The molecule has 3 heterocycles. The summed E-state index contributed by atoms with van der Waals surface area (Å²) in [6.07, 6.45) is 1.50. The Morgan fingerprint density at radius 1 is 1.38 bits per heavy atom. The lowest BCUT2D eigenvalue weighted by atomic mass is 10.1. The van der Waals surface area contributed by atoms with Crippen molar-refractivity contribution in [3.05, 3.63) is 0 Å². The molecule has 0 N–H and O–H groups in total. The molecule has 3 aliphatic rings. The summed E-state index contributed by atoms with van der Waals surface area (Å²) in [7, 11) is 2.22. The van der Waals surface area contributed by atoms with Gasteiger partial charge >= 0.3 is 0 Å². The second-order valence-corrected chi connectivity index (χ2v) is 4.44. The fourth-order valence-electron chi connectivity index (χ4n) is 1.56. The fourth-order valence-corrected chi connectivity index (χ4v) is 3.11. The molecule has 0 aliphatic carbocycles. The third kappa shape index (κ3) is 0.669. The van der Waals surface area contributed by atoms with Crippen molar-refractivity contribution in [2.24, 2.45) is 0 Å². The molecule has 0 aromatic heterocycles. The van der Waals surface area contributed by atoms with Gasteiger partial charge in [-0.1, -0.05) is 0 Å². The van der Waals surface area contributed by atoms with Crippen molar-refractivity contribution in [2.45, 2.75) is 16.9 Å². The minimum Gasteiger partial charge on any atom is -0.304 e. The van der Waals surface area contributed by atoms with Gasteiger partial charge in [0.25, 0.3) is 0 Å². The SMILES string of the molecule is CN1CC2CC(C1)S2. The maximum atomic E-state index is 2.44. The lowest BCUT2D eigenvalue weighted by molar-refractivity contribution is 0.270. The topological polar surface area (TPSA) is 3.24 Å². The van der Waals surface area contributed by atoms with E-state index in [0.29, 0.717) is 0 Å². The van der Waals surface area contributed by atoms with Crippen LogP contribution in [-0.2, 0) is 0 Å². The zero-order valence-corrected chi connectivity index (χ0v) is 5.95. The summed E-state index contributed by atoms with van der Waals surface area (Å²) in [5.41, 5.74) is 0. The lowest BCUT2D eigenvalue weighted by Crippen LogP contribution is -2.49. The summed E-state index contributed by atoms with van der Waals surface area (Å²) < 4.78 is 0. The molecule has 0 amide bonds. The van der Waals surface area contributed by atoms with E-state index in [1.807, 2.05) is 0 Å². The minimum absolute atomic E-state index is 0.999. The van der Waals surface area contributed by atoms with Crippen LogP contribution in [-0.4, -0.2) is 35.5 Å². The first-order valence-corrected chi connectivity index (χ1v) is 4.13. The van der Waals surface area contributed by atoms with Crippen LogP contribution in [0.2, 0.25) is 0 Å². The van der Waals surface area contributed by atoms with Crippen LogP contribution < -0.4 is 0 Å². The van der Waals surface area contributed by atoms with Gasteiger partial charge in [-0.3, -0.25) is 0 Å². The Labute approximate surface area is 54.4 Å². The molecule has 3 rings (SSSR count). The van der Waals surface area contributed by atoms with Crippen molar-refractivity contribution in [1.82, 2.24) is 4.90 Å². The van der Waals surface area contributed by atoms with Gasteiger partial charge in [-0.05, 0) is 13.5 Å². The number of fused-ring (bicyclic) bond motifs is 2. The molecular formula is C6H11NS. The van der Waals surface area contributed by atoms with Crippen molar-refractivity contribution in [1.29, 1.82) is 0 Å². The Balaban J connectivity index is 1.97. The Bertz CT molecular complexity index is 88.7. The van der Waals surface area contributed by atoms with E-state index in [9.17, 15) is 0 Å². The number of hydrogen-bond acceptors (Lipinski definition) is 2. The Hall–Kier alpha value is 0.310. The Morgan fingerprint density at radius 3 is 2.12 bits per heavy atom. The number of rotatable bonds is 0. The smallest absolute Gasteiger partial charge is 0.0189 e. The van der Waals surface area contributed by atoms with E-state index in [2.05, 4.69) is 23.7 Å². The van der Waals surface area contributed by atoms with Gasteiger partial charge < -0.3 is 4.90 Å². The number of hydrogen-bond donors (Lipinski definition) is 0. The van der Waals surface area contributed by atoms with Gasteiger partial charge in [0.05, 0.1) is 0 Å². The van der Waals surface area contributed by atoms with Crippen LogP contribution in [0.15, 0.2) is 0 Å². The van der Waals surface area contributed by atoms with Gasteiger partial charge in [0.2, 0.25) is 0 Å². The van der Waals surface area contributed by atoms with E-state index >= 15 is 0 Å². The number of thioether (sulfide) groups is 1. The molecule has 46 valence electrons. The highest BCUT2D eigenvalue weighted by atomic mass is 32.2. The second kappa shape index (κ2) is 1.64. The average molecular weight is 129 g/mol. The van der Waals surface area contributed by atoms with Crippen molar-refractivity contribution in [3.8, 4) is 0 Å². The van der Waals surface area contributed by atoms with E-state index in [1.54, 1.807) is 0 Å². The van der Waals surface area contributed by atoms with Gasteiger partial charge in [-0.2, -0.15) is 11.8 Å². The van der Waals surface area contributed by atoms with Gasteiger partial charge in [0.15, 0.2) is 0 Å². The lowest BCUT2D eigenvalue weighted by Gasteiger charge is -2.45. The van der Waals surface area contributed by atoms with E-state index in [4.69, 9.17) is 0 Å². The predicted octanol–water partition coefficient (Wildman–Crippen LogP) is 0.806. The zero-order chi connectivity index (χ0) is 5.56. The van der Waals surface area contributed by atoms with Crippen LogP contribution >= 0.6 is 11.8 Å². The molecule has 0 saturated carbocycles. The van der Waals surface area contributed by atoms with E-state index < -0.39 is 0 Å². The summed E-state index contributed by atoms with van der Waals surface area (Å²) in [5, 5.41) is 2.00. The second-order valence-electron chi connectivity index (χ2n) is 2.84. The normalized spacial score (nSPS) is 46.1. The highest BCUT2D eigenvalue weighted by Gasteiger charge is 2.35. The molecule has 8 heavy (non-hydrogen) atoms. The molecule has 2 heteroatoms. The minimum atomic E-state index is 0.999. The fraction of sp³-hybridized carbons (Fsp3) is 1.00. The molecule has 0 aromatic rings. The molecule has 2 unspecified atom stereocenters. The highest BCUT2D eigenvalue weighted by Crippen LogP contribution is 2.40. The summed E-state index contributed by atoms with van der Waals surface area (Å²) >= 11 is 2.18. The zero-order valence-electron chi connectivity index (χ0n) is 5.13. The Morgan fingerprint density at radius 2 is 1.88 bits per heavy atom. The van der Waals surface area contributed by atoms with E-state index in [1.165, 1.54) is 19.5 Å². The molecule has 3 saturated heterocycles. The summed E-state index contributed by atoms with van der Waals surface area (Å²) in [4.78, 5) is 2.44. The molecular weight excluding hydrogens is 118 g/mol. The first-order valence-electron chi connectivity index (χ1n) is 3.18. The van der Waals surface area contributed by atoms with Crippen LogP contribution in [0.25, 0.3) is 0 Å². The molecule has 3 aliphatic heterocycles. The van der Waals surface area contributed by atoms with Gasteiger partial charge in [0.1, 0.15) is 0 Å². The Kier molecular flexibility index (Phi) is 1.05. The number of nitrogens with zero attached hydrogens (tertiary/aromatic N) is 1. The molecule has 2 atom stereocenters. The molecule has 1 nitrogen and oxygen atoms in total. The molecule has 0 spiro atoms. The van der Waals surface area contributed by atoms with Crippen molar-refractivity contribution >= 4 is 11.8 Å². The van der Waals surface area contributed by atoms with Crippen molar-refractivity contribution in [2.75, 3.05) is 20.1 Å². The van der Waals surface area contributed by atoms with Crippen LogP contribution in [0.5, 0.6) is 0 Å². The largest absolute Gasteiger partial charge is 0.304 e. The summed E-state index contributed by atoms with van der Waals surface area (Å²) in [6, 6.07) is 0. The van der Waals surface area contributed by atoms with E-state index in [-0.39, 0.29) is 0 Å². The van der Waals surface area contributed by atoms with Gasteiger partial charge in [-0.25, -0.2) is 0 Å². The monoisotopic (exact) mass is 129 g/mol. The summed E-state index contributed by atoms with van der Waals surface area (Å²) in [5.74, 6) is 0. The van der Waals surface area contributed by atoms with Gasteiger partial charge in [-0.15, -0.1) is 0 Å². The first-order chi connectivity index (χ1) is 3.84. The number of piperidine rings is 1. The third-order valence-corrected chi connectivity index (χ3v) is 3.39. The van der Waals surface area contributed by atoms with E-state index in [0.717, 1.165) is 10.5 Å². The third-order valence-electron chi connectivity index (χ3n) is 1.94. The predicted molar refractivity (Wildman–Crippen MR) is 37.3 cm³/mol. The summed E-state index contributed by atoms with van der Waals surface area (Å²) in [6.45, 7) is 2.67. The van der Waals surface area contributed by atoms with Crippen LogP contribution in [0.3, 0.4) is 0 Å². The molecule has 2 bridgehead atoms. The molecule has 0 radical (unpaired) electrons. The average Bonchev–Trinajstić information content (AvgIpc) is 1.62. The first kappa shape index (κ1) is 5.12. The quantitative estimate of drug-likeness (QED) is 0.476. The maximum Gasteiger partial charge on any atom is 0.0189 e. The van der Waals surface area contributed by atoms with Crippen LogP contribution in [0.4, 0.5) is 0 Å². The van der Waals surface area contributed by atoms with Crippen molar-refractivity contribution in [3.63, 3.8) is 0 Å². The standard InChI is InChI=1S/C6H11NS/c1-7-3-5-2-6(4-7)8-5/h5-6H,2-4H2,1H3.